The van der Waals surface area contributed by atoms with Crippen LogP contribution in [-0.4, -0.2) is 22.5 Å². The summed E-state index contributed by atoms with van der Waals surface area (Å²) in [5.41, 5.74) is 3.50. The third-order valence-corrected chi connectivity index (χ3v) is 4.38. The largest absolute Gasteiger partial charge is 0.294 e. The fourth-order valence-electron chi connectivity index (χ4n) is 3.27. The molecule has 108 valence electrons. The number of benzene rings is 2. The van der Waals surface area contributed by atoms with Gasteiger partial charge in [-0.25, -0.2) is 0 Å². The van der Waals surface area contributed by atoms with Crippen molar-refractivity contribution in [2.24, 2.45) is 0 Å². The lowest BCUT2D eigenvalue weighted by molar-refractivity contribution is 0.0642. The Morgan fingerprint density at radius 3 is 2.09 bits per heavy atom. The summed E-state index contributed by atoms with van der Waals surface area (Å²) < 4.78 is 0. The lowest BCUT2D eigenvalue weighted by Gasteiger charge is -2.16. The molecule has 0 N–H and O–H groups in total. The maximum atomic E-state index is 12.4. The van der Waals surface area contributed by atoms with Gasteiger partial charge in [-0.05, 0) is 29.7 Å². The van der Waals surface area contributed by atoms with E-state index in [9.17, 15) is 14.4 Å². The predicted octanol–water partition coefficient (Wildman–Crippen LogP) is 2.61. The molecule has 1 aliphatic carbocycles. The van der Waals surface area contributed by atoms with E-state index in [1.807, 2.05) is 18.2 Å². The topological polar surface area (TPSA) is 54.5 Å². The van der Waals surface area contributed by atoms with E-state index in [1.165, 1.54) is 4.90 Å². The van der Waals surface area contributed by atoms with E-state index >= 15 is 0 Å². The number of rotatable bonds is 2. The number of hydrogen-bond acceptors (Lipinski definition) is 3. The normalized spacial score (nSPS) is 16.2. The molecular formula is C18H13NO3. The first-order valence-corrected chi connectivity index (χ1v) is 7.26. The van der Waals surface area contributed by atoms with Crippen molar-refractivity contribution in [3.63, 3.8) is 0 Å². The average Bonchev–Trinajstić information content (AvgIpc) is 3.03. The highest BCUT2D eigenvalue weighted by molar-refractivity contribution is 6.21. The van der Waals surface area contributed by atoms with Gasteiger partial charge < -0.3 is 0 Å². The first-order valence-electron chi connectivity index (χ1n) is 7.26. The van der Waals surface area contributed by atoms with E-state index in [0.29, 0.717) is 24.0 Å². The molecule has 4 nitrogen and oxygen atoms in total. The third-order valence-electron chi connectivity index (χ3n) is 4.38. The van der Waals surface area contributed by atoms with Crippen LogP contribution in [0.3, 0.4) is 0 Å². The van der Waals surface area contributed by atoms with Gasteiger partial charge in [0.15, 0.2) is 5.78 Å². The number of ketones is 1. The standard InChI is InChI=1S/C18H13NO3/c20-16-9-8-12-11(4-3-7-13(12)16)10-19-17(21)14-5-1-2-6-15(14)18(19)22/h1-7H,8-10H2. The summed E-state index contributed by atoms with van der Waals surface area (Å²) in [6.45, 7) is 0.225. The summed E-state index contributed by atoms with van der Waals surface area (Å²) in [7, 11) is 0. The monoisotopic (exact) mass is 291 g/mol. The second-order valence-corrected chi connectivity index (χ2v) is 5.61. The Balaban J connectivity index is 1.71. The highest BCUT2D eigenvalue weighted by atomic mass is 16.2. The first kappa shape index (κ1) is 13.0. The van der Waals surface area contributed by atoms with Crippen molar-refractivity contribution in [2.75, 3.05) is 0 Å². The number of imide groups is 1. The van der Waals surface area contributed by atoms with Crippen LogP contribution in [0.15, 0.2) is 42.5 Å². The average molecular weight is 291 g/mol. The summed E-state index contributed by atoms with van der Waals surface area (Å²) in [5.74, 6) is -0.385. The van der Waals surface area contributed by atoms with E-state index in [1.54, 1.807) is 24.3 Å². The molecule has 22 heavy (non-hydrogen) atoms. The Morgan fingerprint density at radius 1 is 0.773 bits per heavy atom. The van der Waals surface area contributed by atoms with Crippen LogP contribution in [0.2, 0.25) is 0 Å². The molecule has 0 saturated heterocycles. The number of carbonyl (C=O) groups is 3. The highest BCUT2D eigenvalue weighted by Crippen LogP contribution is 2.29. The molecule has 2 aromatic carbocycles. The van der Waals surface area contributed by atoms with Crippen LogP contribution in [-0.2, 0) is 13.0 Å². The molecule has 0 unspecified atom stereocenters. The zero-order chi connectivity index (χ0) is 15.3. The minimum absolute atomic E-state index is 0.138. The maximum absolute atomic E-state index is 12.4. The van der Waals surface area contributed by atoms with Gasteiger partial charge in [-0.15, -0.1) is 0 Å². The predicted molar refractivity (Wildman–Crippen MR) is 79.7 cm³/mol. The van der Waals surface area contributed by atoms with Crippen LogP contribution < -0.4 is 0 Å². The van der Waals surface area contributed by atoms with Crippen molar-refractivity contribution in [1.29, 1.82) is 0 Å². The molecule has 4 heteroatoms. The van der Waals surface area contributed by atoms with Crippen molar-refractivity contribution in [1.82, 2.24) is 4.90 Å². The lowest BCUT2D eigenvalue weighted by atomic mass is 10.0. The smallest absolute Gasteiger partial charge is 0.261 e. The number of fused-ring (bicyclic) bond motifs is 2. The van der Waals surface area contributed by atoms with Gasteiger partial charge in [0.25, 0.3) is 11.8 Å². The van der Waals surface area contributed by atoms with Crippen LogP contribution in [0.25, 0.3) is 0 Å². The van der Waals surface area contributed by atoms with Gasteiger partial charge in [0, 0.05) is 12.0 Å². The van der Waals surface area contributed by atoms with Gasteiger partial charge in [-0.3, -0.25) is 19.3 Å². The molecule has 1 aliphatic heterocycles. The molecule has 0 atom stereocenters. The van der Waals surface area contributed by atoms with Crippen molar-refractivity contribution in [3.05, 3.63) is 70.3 Å². The van der Waals surface area contributed by atoms with E-state index in [2.05, 4.69) is 0 Å². The van der Waals surface area contributed by atoms with Crippen LogP contribution in [0.5, 0.6) is 0 Å². The Morgan fingerprint density at radius 2 is 1.41 bits per heavy atom. The van der Waals surface area contributed by atoms with Crippen molar-refractivity contribution in [2.45, 2.75) is 19.4 Å². The Kier molecular flexibility index (Phi) is 2.73. The van der Waals surface area contributed by atoms with Crippen LogP contribution in [0.4, 0.5) is 0 Å². The van der Waals surface area contributed by atoms with Crippen LogP contribution >= 0.6 is 0 Å². The molecule has 0 radical (unpaired) electrons. The SMILES string of the molecule is O=C1CCc2c(CN3C(=O)c4ccccc4C3=O)cccc21. The zero-order valence-corrected chi connectivity index (χ0v) is 11.8. The number of amides is 2. The second-order valence-electron chi connectivity index (χ2n) is 5.61. The molecule has 0 bridgehead atoms. The molecule has 0 aromatic heterocycles. The molecule has 4 rings (SSSR count). The Hall–Kier alpha value is -2.75. The lowest BCUT2D eigenvalue weighted by Crippen LogP contribution is -2.29. The number of Topliss-reactive ketones (excluding diaryl/α,β-unsaturated/α-hetero) is 1. The van der Waals surface area contributed by atoms with Gasteiger partial charge in [0.1, 0.15) is 0 Å². The van der Waals surface area contributed by atoms with Crippen molar-refractivity contribution < 1.29 is 14.4 Å². The highest BCUT2D eigenvalue weighted by Gasteiger charge is 2.35. The zero-order valence-electron chi connectivity index (χ0n) is 11.8. The second kappa shape index (κ2) is 4.63. The van der Waals surface area contributed by atoms with Crippen LogP contribution in [0.1, 0.15) is 48.6 Å². The quantitative estimate of drug-likeness (QED) is 0.799. The molecule has 0 spiro atoms. The third kappa shape index (κ3) is 1.73. The molecule has 2 amide bonds. The maximum Gasteiger partial charge on any atom is 0.261 e. The minimum Gasteiger partial charge on any atom is -0.294 e. The van der Waals surface area contributed by atoms with Gasteiger partial charge >= 0.3 is 0 Å². The number of hydrogen-bond donors (Lipinski definition) is 0. The minimum atomic E-state index is -0.262. The molecular weight excluding hydrogens is 278 g/mol. The van der Waals surface area contributed by atoms with Gasteiger partial charge in [-0.2, -0.15) is 0 Å². The molecule has 0 fully saturated rings. The van der Waals surface area contributed by atoms with Crippen molar-refractivity contribution >= 4 is 17.6 Å². The number of nitrogens with zero attached hydrogens (tertiary/aromatic N) is 1. The fraction of sp³-hybridized carbons (Fsp3) is 0.167. The Labute approximate surface area is 127 Å². The first-order chi connectivity index (χ1) is 10.7. The molecule has 0 saturated carbocycles. The summed E-state index contributed by atoms with van der Waals surface area (Å²) >= 11 is 0. The summed E-state index contributed by atoms with van der Waals surface area (Å²) in [6.07, 6.45) is 1.20. The van der Waals surface area contributed by atoms with E-state index in [4.69, 9.17) is 0 Å². The summed E-state index contributed by atoms with van der Waals surface area (Å²) in [6, 6.07) is 12.4. The van der Waals surface area contributed by atoms with E-state index in [-0.39, 0.29) is 24.1 Å². The van der Waals surface area contributed by atoms with Gasteiger partial charge in [0.05, 0.1) is 17.7 Å². The number of carbonyl (C=O) groups excluding carboxylic acids is 3. The summed E-state index contributed by atoms with van der Waals surface area (Å²) in [5, 5.41) is 0. The molecule has 2 aromatic rings. The van der Waals surface area contributed by atoms with Crippen molar-refractivity contribution in [3.8, 4) is 0 Å². The van der Waals surface area contributed by atoms with E-state index in [0.717, 1.165) is 16.7 Å². The Bertz CT molecular complexity index is 803. The van der Waals surface area contributed by atoms with Gasteiger partial charge in [-0.1, -0.05) is 30.3 Å². The summed E-state index contributed by atoms with van der Waals surface area (Å²) in [4.78, 5) is 37.9. The fourth-order valence-corrected chi connectivity index (χ4v) is 3.27. The van der Waals surface area contributed by atoms with Gasteiger partial charge in [0.2, 0.25) is 0 Å². The molecule has 2 aliphatic rings. The van der Waals surface area contributed by atoms with Crippen LogP contribution in [0, 0.1) is 0 Å². The van der Waals surface area contributed by atoms with E-state index < -0.39 is 0 Å². The molecule has 1 heterocycles.